The zero-order valence-electron chi connectivity index (χ0n) is 13.0. The molecular weight excluding hydrogens is 328 g/mol. The van der Waals surface area contributed by atoms with Gasteiger partial charge in [-0.2, -0.15) is 8.78 Å². The molecule has 2 rings (SSSR count). The van der Waals surface area contributed by atoms with Crippen molar-refractivity contribution in [2.75, 3.05) is 13.6 Å². The number of nitrogens with one attached hydrogen (secondary N) is 1. The summed E-state index contributed by atoms with van der Waals surface area (Å²) in [6, 6.07) is 8.09. The normalized spacial score (nSPS) is 21.9. The second-order valence-corrected chi connectivity index (χ2v) is 5.78. The van der Waals surface area contributed by atoms with Gasteiger partial charge in [-0.05, 0) is 12.0 Å². The van der Waals surface area contributed by atoms with Crippen LogP contribution in [0, 0.1) is 5.92 Å². The lowest BCUT2D eigenvalue weighted by Crippen LogP contribution is -2.49. The molecule has 1 aliphatic rings. The van der Waals surface area contributed by atoms with Gasteiger partial charge >= 0.3 is 12.3 Å². The summed E-state index contributed by atoms with van der Waals surface area (Å²) in [5.74, 6) is -5.98. The summed E-state index contributed by atoms with van der Waals surface area (Å²) in [7, 11) is 1.53. The van der Waals surface area contributed by atoms with Crippen LogP contribution in [0.25, 0.3) is 0 Å². The second-order valence-electron chi connectivity index (χ2n) is 5.78. The van der Waals surface area contributed by atoms with E-state index in [2.05, 4.69) is 0 Å². The van der Waals surface area contributed by atoms with E-state index in [1.807, 2.05) is 5.32 Å². The fourth-order valence-electron chi connectivity index (χ4n) is 2.83. The first-order valence-corrected chi connectivity index (χ1v) is 7.48. The van der Waals surface area contributed by atoms with Crippen molar-refractivity contribution in [3.8, 4) is 0 Å². The number of likely N-dealkylation sites (tertiary alicyclic amines) is 1. The quantitative estimate of drug-likeness (QED) is 0.834. The SMILES string of the molecule is CN1C(=O)CCC(C(=O)NCC(F)(F)C(F)F)C1c1ccccc1. The van der Waals surface area contributed by atoms with Crippen LogP contribution in [0.3, 0.4) is 0 Å². The van der Waals surface area contributed by atoms with Crippen LogP contribution in [0.2, 0.25) is 0 Å². The number of amides is 2. The molecular formula is C16H18F4N2O2. The van der Waals surface area contributed by atoms with Gasteiger partial charge in [0.15, 0.2) is 0 Å². The van der Waals surface area contributed by atoms with Crippen LogP contribution in [-0.4, -0.2) is 42.7 Å². The number of carbonyl (C=O) groups excluding carboxylic acids is 2. The molecule has 1 saturated heterocycles. The highest BCUT2D eigenvalue weighted by Gasteiger charge is 2.43. The van der Waals surface area contributed by atoms with Crippen molar-refractivity contribution in [1.29, 1.82) is 0 Å². The summed E-state index contributed by atoms with van der Waals surface area (Å²) < 4.78 is 50.4. The lowest BCUT2D eigenvalue weighted by molar-refractivity contribution is -0.146. The van der Waals surface area contributed by atoms with E-state index in [0.29, 0.717) is 5.56 Å². The highest BCUT2D eigenvalue weighted by Crippen LogP contribution is 2.36. The van der Waals surface area contributed by atoms with Crippen molar-refractivity contribution in [3.05, 3.63) is 35.9 Å². The lowest BCUT2D eigenvalue weighted by atomic mass is 9.84. The number of rotatable bonds is 5. The van der Waals surface area contributed by atoms with Gasteiger partial charge in [0, 0.05) is 13.5 Å². The first-order valence-electron chi connectivity index (χ1n) is 7.48. The maximum absolute atomic E-state index is 13.0. The predicted molar refractivity (Wildman–Crippen MR) is 78.6 cm³/mol. The van der Waals surface area contributed by atoms with Crippen LogP contribution >= 0.6 is 0 Å². The summed E-state index contributed by atoms with van der Waals surface area (Å²) in [6.07, 6.45) is -3.57. The van der Waals surface area contributed by atoms with Crippen LogP contribution in [0.15, 0.2) is 30.3 Å². The first kappa shape index (κ1) is 18.2. The minimum absolute atomic E-state index is 0.100. The number of alkyl halides is 4. The molecule has 4 nitrogen and oxygen atoms in total. The minimum Gasteiger partial charge on any atom is -0.349 e. The van der Waals surface area contributed by atoms with E-state index in [1.54, 1.807) is 30.3 Å². The van der Waals surface area contributed by atoms with Crippen molar-refractivity contribution in [2.24, 2.45) is 5.92 Å². The number of nitrogens with zero attached hydrogens (tertiary/aromatic N) is 1. The predicted octanol–water partition coefficient (Wildman–Crippen LogP) is 2.61. The van der Waals surface area contributed by atoms with E-state index >= 15 is 0 Å². The standard InChI is InChI=1S/C16H18F4N2O2/c1-22-12(23)8-7-11(13(22)10-5-3-2-4-6-10)14(24)21-9-16(19,20)15(17)18/h2-6,11,13,15H,7-9H2,1H3,(H,21,24). The van der Waals surface area contributed by atoms with Gasteiger partial charge in [-0.1, -0.05) is 30.3 Å². The summed E-state index contributed by atoms with van der Waals surface area (Å²) in [5.41, 5.74) is 0.689. The molecule has 24 heavy (non-hydrogen) atoms. The second kappa shape index (κ2) is 7.19. The monoisotopic (exact) mass is 346 g/mol. The summed E-state index contributed by atoms with van der Waals surface area (Å²) >= 11 is 0. The Balaban J connectivity index is 2.17. The van der Waals surface area contributed by atoms with E-state index < -0.39 is 36.8 Å². The third-order valence-electron chi connectivity index (χ3n) is 4.16. The van der Waals surface area contributed by atoms with Gasteiger partial charge in [-0.25, -0.2) is 8.78 Å². The Morgan fingerprint density at radius 3 is 2.54 bits per heavy atom. The van der Waals surface area contributed by atoms with E-state index in [1.165, 1.54) is 11.9 Å². The molecule has 1 aliphatic heterocycles. The highest BCUT2D eigenvalue weighted by atomic mass is 19.3. The third kappa shape index (κ3) is 3.85. The van der Waals surface area contributed by atoms with Gasteiger partial charge in [-0.3, -0.25) is 9.59 Å². The van der Waals surface area contributed by atoms with Gasteiger partial charge in [0.05, 0.1) is 18.5 Å². The van der Waals surface area contributed by atoms with E-state index in [9.17, 15) is 27.2 Å². The molecule has 1 heterocycles. The van der Waals surface area contributed by atoms with Crippen LogP contribution in [0.1, 0.15) is 24.4 Å². The maximum Gasteiger partial charge on any atom is 0.324 e. The Hall–Kier alpha value is -2.12. The Bertz CT molecular complexity index is 595. The third-order valence-corrected chi connectivity index (χ3v) is 4.16. The van der Waals surface area contributed by atoms with Gasteiger partial charge in [0.1, 0.15) is 0 Å². The number of halogens is 4. The van der Waals surface area contributed by atoms with E-state index in [4.69, 9.17) is 0 Å². The van der Waals surface area contributed by atoms with Gasteiger partial charge < -0.3 is 10.2 Å². The number of hydrogen-bond donors (Lipinski definition) is 1. The average Bonchev–Trinajstić information content (AvgIpc) is 2.55. The molecule has 0 radical (unpaired) electrons. The fraction of sp³-hybridized carbons (Fsp3) is 0.500. The number of hydrogen-bond acceptors (Lipinski definition) is 2. The molecule has 1 fully saturated rings. The Morgan fingerprint density at radius 2 is 1.96 bits per heavy atom. The Kier molecular flexibility index (Phi) is 5.46. The van der Waals surface area contributed by atoms with Crippen molar-refractivity contribution in [2.45, 2.75) is 31.2 Å². The van der Waals surface area contributed by atoms with Crippen LogP contribution < -0.4 is 5.32 Å². The Labute approximate surface area is 136 Å². The molecule has 0 spiro atoms. The number of piperidine rings is 1. The molecule has 2 unspecified atom stereocenters. The molecule has 0 bridgehead atoms. The van der Waals surface area contributed by atoms with Crippen molar-refractivity contribution < 1.29 is 27.2 Å². The number of benzene rings is 1. The van der Waals surface area contributed by atoms with Crippen molar-refractivity contribution in [1.82, 2.24) is 10.2 Å². The fourth-order valence-corrected chi connectivity index (χ4v) is 2.83. The van der Waals surface area contributed by atoms with Crippen LogP contribution in [-0.2, 0) is 9.59 Å². The molecule has 1 aromatic carbocycles. The molecule has 0 saturated carbocycles. The summed E-state index contributed by atoms with van der Waals surface area (Å²) in [6.45, 7) is -1.43. The molecule has 132 valence electrons. The van der Waals surface area contributed by atoms with Crippen molar-refractivity contribution >= 4 is 11.8 Å². The van der Waals surface area contributed by atoms with E-state index in [0.717, 1.165) is 0 Å². The molecule has 8 heteroatoms. The van der Waals surface area contributed by atoms with Gasteiger partial charge in [-0.15, -0.1) is 0 Å². The minimum atomic E-state index is -4.28. The van der Waals surface area contributed by atoms with Gasteiger partial charge in [0.25, 0.3) is 0 Å². The van der Waals surface area contributed by atoms with Crippen LogP contribution in [0.4, 0.5) is 17.6 Å². The molecule has 0 aromatic heterocycles. The molecule has 1 N–H and O–H groups in total. The molecule has 2 amide bonds. The summed E-state index contributed by atoms with van der Waals surface area (Å²) in [5, 5.41) is 1.90. The highest BCUT2D eigenvalue weighted by molar-refractivity contribution is 5.84. The Morgan fingerprint density at radius 1 is 1.33 bits per heavy atom. The maximum atomic E-state index is 13.0. The lowest BCUT2D eigenvalue weighted by Gasteiger charge is -2.38. The molecule has 1 aromatic rings. The topological polar surface area (TPSA) is 49.4 Å². The first-order chi connectivity index (χ1) is 11.2. The van der Waals surface area contributed by atoms with Gasteiger partial charge in [0.2, 0.25) is 11.8 Å². The zero-order valence-corrected chi connectivity index (χ0v) is 13.0. The smallest absolute Gasteiger partial charge is 0.324 e. The largest absolute Gasteiger partial charge is 0.349 e. The van der Waals surface area contributed by atoms with Crippen molar-refractivity contribution in [3.63, 3.8) is 0 Å². The molecule has 0 aliphatic carbocycles. The van der Waals surface area contributed by atoms with Crippen LogP contribution in [0.5, 0.6) is 0 Å². The van der Waals surface area contributed by atoms with E-state index in [-0.39, 0.29) is 18.7 Å². The molecule has 2 atom stereocenters. The zero-order chi connectivity index (χ0) is 17.9. The number of carbonyl (C=O) groups is 2. The average molecular weight is 346 g/mol. The summed E-state index contributed by atoms with van der Waals surface area (Å²) in [4.78, 5) is 25.6.